The molecule has 3 aromatic rings. The second-order valence-electron chi connectivity index (χ2n) is 7.13. The molecule has 0 radical (unpaired) electrons. The van der Waals surface area contributed by atoms with Crippen molar-refractivity contribution in [2.45, 2.75) is 38.3 Å². The Hall–Kier alpha value is -2.86. The average Bonchev–Trinajstić information content (AvgIpc) is 3.10. The van der Waals surface area contributed by atoms with E-state index in [0.717, 1.165) is 42.7 Å². The fourth-order valence-corrected chi connectivity index (χ4v) is 3.59. The molecule has 0 spiro atoms. The van der Waals surface area contributed by atoms with E-state index < -0.39 is 0 Å². The van der Waals surface area contributed by atoms with Gasteiger partial charge >= 0.3 is 0 Å². The summed E-state index contributed by atoms with van der Waals surface area (Å²) in [6, 6.07) is 13.5. The van der Waals surface area contributed by atoms with Crippen molar-refractivity contribution in [1.29, 1.82) is 0 Å². The fraction of sp³-hybridized carbons (Fsp3) is 0.333. The quantitative estimate of drug-likeness (QED) is 0.727. The highest BCUT2D eigenvalue weighted by molar-refractivity contribution is 5.92. The maximum atomic E-state index is 12.5. The lowest BCUT2D eigenvalue weighted by Gasteiger charge is -2.25. The lowest BCUT2D eigenvalue weighted by molar-refractivity contribution is -0.120. The van der Waals surface area contributed by atoms with Crippen LogP contribution >= 0.6 is 0 Å². The van der Waals surface area contributed by atoms with Crippen LogP contribution in [0.2, 0.25) is 0 Å². The number of anilines is 1. The zero-order valence-electron chi connectivity index (χ0n) is 15.2. The van der Waals surface area contributed by atoms with E-state index >= 15 is 0 Å². The molecule has 4 rings (SSSR count). The maximum absolute atomic E-state index is 12.5. The van der Waals surface area contributed by atoms with Crippen molar-refractivity contribution in [3.05, 3.63) is 60.6 Å². The number of amides is 1. The standard InChI is InChI=1S/C21H24N4O2/c22-16-6-3-5-15(11-16)21(26)24-17-7-4-8-19(12-17)27-14-18-13-25-10-2-1-9-20(25)23-18/h1-2,4,7-10,12-13,15-16H,3,5-6,11,14,22H2,(H,24,26). The first-order valence-corrected chi connectivity index (χ1v) is 9.39. The molecular formula is C21H24N4O2. The number of ether oxygens (including phenoxy) is 1. The van der Waals surface area contributed by atoms with E-state index in [1.807, 2.05) is 59.3 Å². The lowest BCUT2D eigenvalue weighted by atomic mass is 9.85. The molecule has 1 fully saturated rings. The Labute approximate surface area is 158 Å². The molecule has 1 aliphatic rings. The number of carbonyl (C=O) groups is 1. The number of pyridine rings is 1. The largest absolute Gasteiger partial charge is 0.487 e. The SMILES string of the molecule is NC1CCCC(C(=O)Nc2cccc(OCc3cn4ccccc4n3)c2)C1. The van der Waals surface area contributed by atoms with Gasteiger partial charge in [-0.15, -0.1) is 0 Å². The molecule has 1 aromatic carbocycles. The van der Waals surface area contributed by atoms with Crippen molar-refractivity contribution in [3.8, 4) is 5.75 Å². The van der Waals surface area contributed by atoms with Gasteiger partial charge in [0, 0.05) is 36.1 Å². The smallest absolute Gasteiger partial charge is 0.227 e. The Morgan fingerprint density at radius 2 is 2.19 bits per heavy atom. The van der Waals surface area contributed by atoms with Gasteiger partial charge in [0.2, 0.25) is 5.91 Å². The van der Waals surface area contributed by atoms with E-state index in [0.29, 0.717) is 12.4 Å². The van der Waals surface area contributed by atoms with Crippen molar-refractivity contribution < 1.29 is 9.53 Å². The average molecular weight is 364 g/mol. The number of fused-ring (bicyclic) bond motifs is 1. The molecule has 2 aromatic heterocycles. The highest BCUT2D eigenvalue weighted by atomic mass is 16.5. The molecule has 3 N–H and O–H groups in total. The second kappa shape index (κ2) is 7.80. The molecule has 1 aliphatic carbocycles. The Morgan fingerprint density at radius 3 is 3.04 bits per heavy atom. The van der Waals surface area contributed by atoms with Crippen LogP contribution in [-0.2, 0) is 11.4 Å². The Kier molecular flexibility index (Phi) is 5.07. The van der Waals surface area contributed by atoms with Gasteiger partial charge in [0.15, 0.2) is 0 Å². The van der Waals surface area contributed by atoms with Gasteiger partial charge in [0.1, 0.15) is 18.0 Å². The number of nitrogens with one attached hydrogen (secondary N) is 1. The number of benzene rings is 1. The third-order valence-electron chi connectivity index (χ3n) is 4.99. The van der Waals surface area contributed by atoms with Crippen molar-refractivity contribution in [3.63, 3.8) is 0 Å². The van der Waals surface area contributed by atoms with E-state index in [2.05, 4.69) is 10.3 Å². The van der Waals surface area contributed by atoms with Gasteiger partial charge in [-0.2, -0.15) is 0 Å². The molecule has 0 saturated heterocycles. The van der Waals surface area contributed by atoms with E-state index in [9.17, 15) is 4.79 Å². The normalized spacial score (nSPS) is 19.7. The summed E-state index contributed by atoms with van der Waals surface area (Å²) in [4.78, 5) is 17.0. The van der Waals surface area contributed by atoms with Crippen LogP contribution in [0.25, 0.3) is 5.65 Å². The molecule has 2 unspecified atom stereocenters. The lowest BCUT2D eigenvalue weighted by Crippen LogP contribution is -2.34. The molecule has 2 heterocycles. The number of carbonyl (C=O) groups excluding carboxylic acids is 1. The summed E-state index contributed by atoms with van der Waals surface area (Å²) in [5, 5.41) is 3.00. The van der Waals surface area contributed by atoms with E-state index in [1.165, 1.54) is 0 Å². The van der Waals surface area contributed by atoms with Crippen molar-refractivity contribution in [1.82, 2.24) is 9.38 Å². The molecule has 1 saturated carbocycles. The zero-order chi connectivity index (χ0) is 18.6. The summed E-state index contributed by atoms with van der Waals surface area (Å²) in [6.45, 7) is 0.372. The van der Waals surface area contributed by atoms with Gasteiger partial charge < -0.3 is 20.2 Å². The van der Waals surface area contributed by atoms with Crippen LogP contribution in [0.3, 0.4) is 0 Å². The summed E-state index contributed by atoms with van der Waals surface area (Å²) in [7, 11) is 0. The Morgan fingerprint density at radius 1 is 1.26 bits per heavy atom. The first kappa shape index (κ1) is 17.5. The second-order valence-corrected chi connectivity index (χ2v) is 7.13. The Bertz CT molecular complexity index is 904. The van der Waals surface area contributed by atoms with Crippen LogP contribution in [0.1, 0.15) is 31.4 Å². The summed E-state index contributed by atoms with van der Waals surface area (Å²) < 4.78 is 7.82. The molecule has 27 heavy (non-hydrogen) atoms. The minimum absolute atomic E-state index is 0.00343. The molecule has 1 amide bonds. The molecule has 2 atom stereocenters. The van der Waals surface area contributed by atoms with Gasteiger partial charge in [-0.05, 0) is 43.5 Å². The summed E-state index contributed by atoms with van der Waals surface area (Å²) in [5.41, 5.74) is 8.48. The topological polar surface area (TPSA) is 81.7 Å². The first-order chi connectivity index (χ1) is 13.2. The number of hydrogen-bond acceptors (Lipinski definition) is 4. The van der Waals surface area contributed by atoms with Crippen LogP contribution in [0.4, 0.5) is 5.69 Å². The van der Waals surface area contributed by atoms with Crippen LogP contribution in [-0.4, -0.2) is 21.3 Å². The number of nitrogens with zero attached hydrogens (tertiary/aromatic N) is 2. The molecule has 6 heteroatoms. The summed E-state index contributed by atoms with van der Waals surface area (Å²) in [6.07, 6.45) is 7.60. The van der Waals surface area contributed by atoms with Crippen molar-refractivity contribution in [2.24, 2.45) is 11.7 Å². The minimum atomic E-state index is -0.00343. The van der Waals surface area contributed by atoms with Crippen molar-refractivity contribution in [2.75, 3.05) is 5.32 Å². The number of hydrogen-bond donors (Lipinski definition) is 2. The highest BCUT2D eigenvalue weighted by Gasteiger charge is 2.25. The predicted octanol–water partition coefficient (Wildman–Crippen LogP) is 3.37. The zero-order valence-corrected chi connectivity index (χ0v) is 15.2. The number of rotatable bonds is 5. The van der Waals surface area contributed by atoms with Crippen LogP contribution in [0, 0.1) is 5.92 Å². The third kappa shape index (κ3) is 4.28. The maximum Gasteiger partial charge on any atom is 0.227 e. The van der Waals surface area contributed by atoms with Gasteiger partial charge in [-0.25, -0.2) is 4.98 Å². The predicted molar refractivity (Wildman–Crippen MR) is 105 cm³/mol. The van der Waals surface area contributed by atoms with Crippen LogP contribution in [0.5, 0.6) is 5.75 Å². The van der Waals surface area contributed by atoms with Crippen molar-refractivity contribution >= 4 is 17.2 Å². The van der Waals surface area contributed by atoms with Crippen LogP contribution < -0.4 is 15.8 Å². The molecule has 0 bridgehead atoms. The molecule has 140 valence electrons. The van der Waals surface area contributed by atoms with E-state index in [-0.39, 0.29) is 17.9 Å². The number of imidazole rings is 1. The van der Waals surface area contributed by atoms with Gasteiger partial charge in [-0.1, -0.05) is 18.6 Å². The number of aromatic nitrogens is 2. The fourth-order valence-electron chi connectivity index (χ4n) is 3.59. The third-order valence-corrected chi connectivity index (χ3v) is 4.99. The summed E-state index contributed by atoms with van der Waals surface area (Å²) >= 11 is 0. The highest BCUT2D eigenvalue weighted by Crippen LogP contribution is 2.25. The Balaban J connectivity index is 1.37. The van der Waals surface area contributed by atoms with E-state index in [1.54, 1.807) is 0 Å². The van der Waals surface area contributed by atoms with E-state index in [4.69, 9.17) is 10.5 Å². The molecule has 6 nitrogen and oxygen atoms in total. The van der Waals surface area contributed by atoms with Gasteiger partial charge in [-0.3, -0.25) is 4.79 Å². The molecular weight excluding hydrogens is 340 g/mol. The monoisotopic (exact) mass is 364 g/mol. The van der Waals surface area contributed by atoms with Gasteiger partial charge in [0.05, 0.1) is 5.69 Å². The minimum Gasteiger partial charge on any atom is -0.487 e. The first-order valence-electron chi connectivity index (χ1n) is 9.39. The van der Waals surface area contributed by atoms with Gasteiger partial charge in [0.25, 0.3) is 0 Å². The van der Waals surface area contributed by atoms with Crippen LogP contribution in [0.15, 0.2) is 54.9 Å². The molecule has 0 aliphatic heterocycles. The summed E-state index contributed by atoms with van der Waals surface area (Å²) in [5.74, 6) is 0.740. The number of nitrogens with two attached hydrogens (primary N) is 1.